The van der Waals surface area contributed by atoms with Crippen molar-refractivity contribution in [2.45, 2.75) is 102 Å². The van der Waals surface area contributed by atoms with Crippen LogP contribution in [0.1, 0.15) is 90.3 Å². The molecule has 1 aromatic heterocycles. The second-order valence-electron chi connectivity index (χ2n) is 12.4. The lowest BCUT2D eigenvalue weighted by Gasteiger charge is -2.47. The van der Waals surface area contributed by atoms with Crippen LogP contribution < -0.4 is 0 Å². The summed E-state index contributed by atoms with van der Waals surface area (Å²) in [6.07, 6.45) is 3.66. The van der Waals surface area contributed by atoms with E-state index in [2.05, 4.69) is 47.6 Å². The van der Waals surface area contributed by atoms with Crippen molar-refractivity contribution in [2.24, 2.45) is 11.8 Å². The SMILES string of the molecule is CC(C)N1CCN([C@H]2CCCC(F)(F)[C@@H]2CC(=O)N2CCC(C)(c3noc([C@H]4C[C@H]4C)n3)CC2)CC1. The minimum atomic E-state index is -2.79. The second-order valence-corrected chi connectivity index (χ2v) is 12.4. The van der Waals surface area contributed by atoms with Gasteiger partial charge in [-0.2, -0.15) is 4.98 Å². The predicted octanol–water partition coefficient (Wildman–Crippen LogP) is 4.29. The summed E-state index contributed by atoms with van der Waals surface area (Å²) in [5.41, 5.74) is -0.246. The molecule has 0 unspecified atom stereocenters. The number of carbonyl (C=O) groups is 1. The Labute approximate surface area is 213 Å². The Morgan fingerprint density at radius 3 is 2.39 bits per heavy atom. The van der Waals surface area contributed by atoms with Crippen molar-refractivity contribution in [3.8, 4) is 0 Å². The van der Waals surface area contributed by atoms with Crippen molar-refractivity contribution in [3.63, 3.8) is 0 Å². The van der Waals surface area contributed by atoms with Gasteiger partial charge in [0, 0.05) is 81.4 Å². The Bertz CT molecular complexity index is 921. The lowest BCUT2D eigenvalue weighted by Crippen LogP contribution is -2.58. The number of aromatic nitrogens is 2. The molecule has 4 fully saturated rings. The van der Waals surface area contributed by atoms with Gasteiger partial charge in [0.15, 0.2) is 5.82 Å². The van der Waals surface area contributed by atoms with Crippen molar-refractivity contribution in [1.82, 2.24) is 24.8 Å². The van der Waals surface area contributed by atoms with Crippen LogP contribution >= 0.6 is 0 Å². The number of carbonyl (C=O) groups excluding carboxylic acids is 1. The van der Waals surface area contributed by atoms with Crippen LogP contribution in [0, 0.1) is 11.8 Å². The van der Waals surface area contributed by atoms with Crippen molar-refractivity contribution < 1.29 is 18.1 Å². The molecule has 1 amide bonds. The predicted molar refractivity (Wildman–Crippen MR) is 133 cm³/mol. The molecule has 2 aliphatic heterocycles. The molecule has 2 saturated heterocycles. The van der Waals surface area contributed by atoms with E-state index in [1.54, 1.807) is 4.90 Å². The highest BCUT2D eigenvalue weighted by Crippen LogP contribution is 2.47. The Balaban J connectivity index is 1.20. The summed E-state index contributed by atoms with van der Waals surface area (Å²) in [5, 5.41) is 4.27. The number of alkyl halides is 2. The maximum absolute atomic E-state index is 15.2. The minimum Gasteiger partial charge on any atom is -0.343 e. The van der Waals surface area contributed by atoms with Gasteiger partial charge in [-0.3, -0.25) is 14.6 Å². The molecule has 5 rings (SSSR count). The number of hydrogen-bond donors (Lipinski definition) is 0. The highest BCUT2D eigenvalue weighted by molar-refractivity contribution is 5.76. The Morgan fingerprint density at radius 2 is 1.78 bits per heavy atom. The first-order chi connectivity index (χ1) is 17.1. The highest BCUT2D eigenvalue weighted by atomic mass is 19.3. The smallest absolute Gasteiger partial charge is 0.252 e. The first kappa shape index (κ1) is 26.0. The number of halogens is 2. The first-order valence-corrected chi connectivity index (χ1v) is 14.1. The van der Waals surface area contributed by atoms with Crippen LogP contribution in [0.15, 0.2) is 4.52 Å². The molecule has 0 aromatic carbocycles. The van der Waals surface area contributed by atoms with Crippen LogP contribution in [0.25, 0.3) is 0 Å². The van der Waals surface area contributed by atoms with Crippen LogP contribution in [-0.2, 0) is 10.2 Å². The fraction of sp³-hybridized carbons (Fsp3) is 0.889. The monoisotopic (exact) mass is 507 g/mol. The van der Waals surface area contributed by atoms with E-state index in [-0.39, 0.29) is 30.2 Å². The number of piperidine rings is 1. The molecular weight excluding hydrogens is 464 g/mol. The molecule has 0 N–H and O–H groups in total. The summed E-state index contributed by atoms with van der Waals surface area (Å²) in [7, 11) is 0. The van der Waals surface area contributed by atoms with Crippen LogP contribution in [0.4, 0.5) is 8.78 Å². The van der Waals surface area contributed by atoms with Gasteiger partial charge < -0.3 is 9.42 Å². The van der Waals surface area contributed by atoms with Crippen LogP contribution in [0.5, 0.6) is 0 Å². The van der Waals surface area contributed by atoms with Gasteiger partial charge >= 0.3 is 0 Å². The van der Waals surface area contributed by atoms with Crippen molar-refractivity contribution in [3.05, 3.63) is 11.7 Å². The van der Waals surface area contributed by atoms with E-state index in [1.165, 1.54) is 0 Å². The van der Waals surface area contributed by atoms with Crippen LogP contribution in [-0.4, -0.2) is 88.0 Å². The van der Waals surface area contributed by atoms with Gasteiger partial charge in [0.2, 0.25) is 11.8 Å². The molecule has 0 spiro atoms. The topological polar surface area (TPSA) is 65.7 Å². The average Bonchev–Trinajstić information content (AvgIpc) is 3.36. The average molecular weight is 508 g/mol. The lowest BCUT2D eigenvalue weighted by atomic mass is 9.77. The molecule has 2 saturated carbocycles. The molecule has 1 aromatic rings. The zero-order chi connectivity index (χ0) is 25.7. The fourth-order valence-electron chi connectivity index (χ4n) is 6.61. The standard InChI is InChI=1S/C27H43F2N5O2/c1-18(2)32-12-14-33(15-13-32)22-6-5-7-27(28,29)21(22)17-23(35)34-10-8-26(4,9-11-34)25-30-24(36-31-25)20-16-19(20)3/h18-22H,5-17H2,1-4H3/t19-,20+,21-,22+/m1/s1. The number of rotatable bonds is 6. The molecule has 2 aliphatic carbocycles. The third-order valence-corrected chi connectivity index (χ3v) is 9.59. The largest absolute Gasteiger partial charge is 0.343 e. The van der Waals surface area contributed by atoms with E-state index >= 15 is 8.78 Å². The molecule has 9 heteroatoms. The number of hydrogen-bond acceptors (Lipinski definition) is 6. The Hall–Kier alpha value is -1.61. The van der Waals surface area contributed by atoms with Crippen LogP contribution in [0.2, 0.25) is 0 Å². The van der Waals surface area contributed by atoms with E-state index < -0.39 is 11.8 Å². The first-order valence-electron chi connectivity index (χ1n) is 14.1. The summed E-state index contributed by atoms with van der Waals surface area (Å²) in [6, 6.07) is 0.253. The van der Waals surface area contributed by atoms with Crippen molar-refractivity contribution in [1.29, 1.82) is 0 Å². The van der Waals surface area contributed by atoms with Gasteiger partial charge in [-0.1, -0.05) is 19.0 Å². The fourth-order valence-corrected chi connectivity index (χ4v) is 6.61. The molecular formula is C27H43F2N5O2. The van der Waals surface area contributed by atoms with Gasteiger partial charge in [-0.05, 0) is 51.9 Å². The molecule has 202 valence electrons. The van der Waals surface area contributed by atoms with E-state index in [4.69, 9.17) is 4.52 Å². The molecule has 3 heterocycles. The van der Waals surface area contributed by atoms with Crippen molar-refractivity contribution >= 4 is 5.91 Å². The molecule has 4 aliphatic rings. The van der Waals surface area contributed by atoms with Gasteiger partial charge in [0.1, 0.15) is 0 Å². The summed E-state index contributed by atoms with van der Waals surface area (Å²) >= 11 is 0. The van der Waals surface area contributed by atoms with Gasteiger partial charge in [-0.15, -0.1) is 0 Å². The Morgan fingerprint density at radius 1 is 1.11 bits per heavy atom. The number of nitrogens with zero attached hydrogens (tertiary/aromatic N) is 5. The summed E-state index contributed by atoms with van der Waals surface area (Å²) in [6.45, 7) is 13.2. The second kappa shape index (κ2) is 9.93. The van der Waals surface area contributed by atoms with Crippen LogP contribution in [0.3, 0.4) is 0 Å². The van der Waals surface area contributed by atoms with E-state index in [0.717, 1.165) is 63.6 Å². The van der Waals surface area contributed by atoms with Gasteiger partial charge in [0.05, 0.1) is 0 Å². The number of piperazine rings is 1. The third-order valence-electron chi connectivity index (χ3n) is 9.59. The molecule has 36 heavy (non-hydrogen) atoms. The normalized spacial score (nSPS) is 33.1. The molecule has 0 radical (unpaired) electrons. The Kier molecular flexibility index (Phi) is 7.18. The minimum absolute atomic E-state index is 0.0648. The molecule has 4 atom stereocenters. The van der Waals surface area contributed by atoms with E-state index in [9.17, 15) is 4.79 Å². The maximum atomic E-state index is 15.2. The quantitative estimate of drug-likeness (QED) is 0.572. The summed E-state index contributed by atoms with van der Waals surface area (Å²) < 4.78 is 36.0. The molecule has 0 bridgehead atoms. The zero-order valence-corrected chi connectivity index (χ0v) is 22.4. The highest BCUT2D eigenvalue weighted by Gasteiger charge is 2.50. The number of likely N-dealkylation sites (tertiary alicyclic amines) is 1. The summed E-state index contributed by atoms with van der Waals surface area (Å²) in [4.78, 5) is 24.5. The van der Waals surface area contributed by atoms with Gasteiger partial charge in [-0.25, -0.2) is 8.78 Å². The van der Waals surface area contributed by atoms with Gasteiger partial charge in [0.25, 0.3) is 5.92 Å². The summed E-state index contributed by atoms with van der Waals surface area (Å²) in [5.74, 6) is -1.38. The van der Waals surface area contributed by atoms with E-state index in [0.29, 0.717) is 37.4 Å². The van der Waals surface area contributed by atoms with E-state index in [1.807, 2.05) is 0 Å². The molecule has 7 nitrogen and oxygen atoms in total. The number of amides is 1. The lowest BCUT2D eigenvalue weighted by molar-refractivity contribution is -0.151. The third kappa shape index (κ3) is 5.19. The maximum Gasteiger partial charge on any atom is 0.252 e. The van der Waals surface area contributed by atoms with Crippen molar-refractivity contribution in [2.75, 3.05) is 39.3 Å². The zero-order valence-electron chi connectivity index (χ0n) is 22.4.